The van der Waals surface area contributed by atoms with E-state index in [0.717, 1.165) is 11.3 Å². The molecular formula is C16H20N4O6S2. The van der Waals surface area contributed by atoms with E-state index in [-0.39, 0.29) is 11.7 Å². The van der Waals surface area contributed by atoms with Crippen LogP contribution < -0.4 is 15.4 Å². The fraction of sp³-hybridized carbons (Fsp3) is 0.375. The highest BCUT2D eigenvalue weighted by molar-refractivity contribution is 7.92. The zero-order valence-corrected chi connectivity index (χ0v) is 16.9. The van der Waals surface area contributed by atoms with Gasteiger partial charge in [0.05, 0.1) is 6.61 Å². The van der Waals surface area contributed by atoms with E-state index in [9.17, 15) is 18.0 Å². The summed E-state index contributed by atoms with van der Waals surface area (Å²) in [5.74, 6) is -2.57. The largest absolute Gasteiger partial charge is 0.494 e. The van der Waals surface area contributed by atoms with E-state index in [4.69, 9.17) is 9.47 Å². The third-order valence-corrected chi connectivity index (χ3v) is 5.35. The molecule has 0 aliphatic heterocycles. The molecule has 0 aliphatic rings. The molecule has 28 heavy (non-hydrogen) atoms. The van der Waals surface area contributed by atoms with E-state index < -0.39 is 33.2 Å². The second kappa shape index (κ2) is 10.1. The van der Waals surface area contributed by atoms with Gasteiger partial charge >= 0.3 is 0 Å². The fourth-order valence-electron chi connectivity index (χ4n) is 2.09. The number of anilines is 2. The first kappa shape index (κ1) is 21.7. The molecule has 1 heterocycles. The Kier molecular flexibility index (Phi) is 7.84. The summed E-state index contributed by atoms with van der Waals surface area (Å²) >= 11 is 1.07. The molecule has 2 N–H and O–H groups in total. The summed E-state index contributed by atoms with van der Waals surface area (Å²) < 4.78 is 34.3. The molecule has 0 fully saturated rings. The van der Waals surface area contributed by atoms with Crippen LogP contribution in [-0.2, 0) is 30.8 Å². The molecular weight excluding hydrogens is 408 g/mol. The van der Waals surface area contributed by atoms with Crippen LogP contribution in [0.25, 0.3) is 0 Å². The van der Waals surface area contributed by atoms with Crippen LogP contribution in [0.2, 0.25) is 0 Å². The Bertz CT molecular complexity index is 911. The van der Waals surface area contributed by atoms with E-state index in [2.05, 4.69) is 20.8 Å². The van der Waals surface area contributed by atoms with Crippen LogP contribution in [0.5, 0.6) is 5.75 Å². The Balaban J connectivity index is 1.85. The second-order valence-corrected chi connectivity index (χ2v) is 8.65. The van der Waals surface area contributed by atoms with Crippen LogP contribution in [0.15, 0.2) is 24.3 Å². The third kappa shape index (κ3) is 7.21. The number of rotatable bonds is 10. The molecule has 0 saturated heterocycles. The summed E-state index contributed by atoms with van der Waals surface area (Å²) in [6, 6.07) is 6.49. The number of aromatic nitrogens is 2. The summed E-state index contributed by atoms with van der Waals surface area (Å²) in [5.41, 5.74) is 0.424. The van der Waals surface area contributed by atoms with E-state index in [1.54, 1.807) is 24.3 Å². The lowest BCUT2D eigenvalue weighted by atomic mass is 10.3. The van der Waals surface area contributed by atoms with Gasteiger partial charge in [-0.1, -0.05) is 11.3 Å². The molecule has 2 rings (SSSR count). The molecule has 0 atom stereocenters. The Morgan fingerprint density at radius 1 is 1.07 bits per heavy atom. The van der Waals surface area contributed by atoms with E-state index in [0.29, 0.717) is 23.1 Å². The molecule has 152 valence electrons. The number of methoxy groups -OCH3 is 1. The highest BCUT2D eigenvalue weighted by Crippen LogP contribution is 2.17. The summed E-state index contributed by atoms with van der Waals surface area (Å²) in [5, 5.41) is 13.0. The van der Waals surface area contributed by atoms with Crippen LogP contribution in [0.3, 0.4) is 0 Å². The number of nitrogens with zero attached hydrogens (tertiary/aromatic N) is 2. The normalized spacial score (nSPS) is 11.1. The molecule has 0 spiro atoms. The number of hydrogen-bond donors (Lipinski definition) is 2. The number of ether oxygens (including phenoxy) is 2. The Morgan fingerprint density at radius 3 is 2.32 bits per heavy atom. The minimum absolute atomic E-state index is 0.158. The van der Waals surface area contributed by atoms with Gasteiger partial charge < -0.3 is 14.8 Å². The zero-order valence-electron chi connectivity index (χ0n) is 15.3. The Labute approximate surface area is 166 Å². The maximum atomic E-state index is 12.1. The van der Waals surface area contributed by atoms with Gasteiger partial charge in [-0.3, -0.25) is 14.9 Å². The molecule has 2 amide bonds. The SMILES string of the molecule is CCOc1ccc(NC(=O)CS(=O)(=O)CC(=O)Nc2nnc(COC)s2)cc1. The first-order valence-electron chi connectivity index (χ1n) is 8.15. The summed E-state index contributed by atoms with van der Waals surface area (Å²) in [6.45, 7) is 2.59. The lowest BCUT2D eigenvalue weighted by molar-refractivity contribution is -0.114. The molecule has 0 aliphatic carbocycles. The Morgan fingerprint density at radius 2 is 1.71 bits per heavy atom. The maximum absolute atomic E-state index is 12.1. The van der Waals surface area contributed by atoms with Crippen molar-refractivity contribution in [2.45, 2.75) is 13.5 Å². The van der Waals surface area contributed by atoms with Gasteiger partial charge in [-0.15, -0.1) is 10.2 Å². The van der Waals surface area contributed by atoms with Crippen molar-refractivity contribution in [3.8, 4) is 5.75 Å². The highest BCUT2D eigenvalue weighted by atomic mass is 32.2. The second-order valence-electron chi connectivity index (χ2n) is 5.52. The van der Waals surface area contributed by atoms with Gasteiger partial charge in [-0.05, 0) is 31.2 Å². The maximum Gasteiger partial charge on any atom is 0.241 e. The first-order valence-corrected chi connectivity index (χ1v) is 10.8. The van der Waals surface area contributed by atoms with Crippen molar-refractivity contribution in [3.05, 3.63) is 29.3 Å². The van der Waals surface area contributed by atoms with Crippen LogP contribution in [0, 0.1) is 0 Å². The van der Waals surface area contributed by atoms with Crippen LogP contribution in [0.4, 0.5) is 10.8 Å². The summed E-state index contributed by atoms with van der Waals surface area (Å²) in [6.07, 6.45) is 0. The van der Waals surface area contributed by atoms with Crippen molar-refractivity contribution in [1.82, 2.24) is 10.2 Å². The standard InChI is InChI=1S/C16H20N4O6S2/c1-3-26-12-6-4-11(5-7-12)17-13(21)9-28(23,24)10-14(22)18-16-20-19-15(27-16)8-25-2/h4-7H,3,8-10H2,1-2H3,(H,17,21)(H,18,20,22). The average Bonchev–Trinajstić information content (AvgIpc) is 3.03. The van der Waals surface area contributed by atoms with E-state index >= 15 is 0 Å². The Hall–Kier alpha value is -2.57. The van der Waals surface area contributed by atoms with Gasteiger partial charge in [-0.25, -0.2) is 8.42 Å². The van der Waals surface area contributed by atoms with Crippen molar-refractivity contribution in [1.29, 1.82) is 0 Å². The van der Waals surface area contributed by atoms with Crippen molar-refractivity contribution in [3.63, 3.8) is 0 Å². The van der Waals surface area contributed by atoms with Crippen molar-refractivity contribution >= 4 is 43.8 Å². The molecule has 0 radical (unpaired) electrons. The molecule has 10 nitrogen and oxygen atoms in total. The minimum atomic E-state index is -3.96. The molecule has 1 aromatic heterocycles. The van der Waals surface area contributed by atoms with Crippen molar-refractivity contribution in [2.75, 3.05) is 35.9 Å². The third-order valence-electron chi connectivity index (χ3n) is 3.13. The minimum Gasteiger partial charge on any atom is -0.494 e. The molecule has 12 heteroatoms. The lowest BCUT2D eigenvalue weighted by Gasteiger charge is -2.08. The van der Waals surface area contributed by atoms with Crippen LogP contribution >= 0.6 is 11.3 Å². The lowest BCUT2D eigenvalue weighted by Crippen LogP contribution is -2.30. The van der Waals surface area contributed by atoms with Gasteiger partial charge in [0.1, 0.15) is 28.9 Å². The predicted molar refractivity (Wildman–Crippen MR) is 104 cm³/mol. The van der Waals surface area contributed by atoms with Crippen LogP contribution in [-0.4, -0.2) is 55.7 Å². The van der Waals surface area contributed by atoms with Gasteiger partial charge in [0, 0.05) is 12.8 Å². The van der Waals surface area contributed by atoms with Gasteiger partial charge in [0.2, 0.25) is 16.9 Å². The van der Waals surface area contributed by atoms with Crippen molar-refractivity contribution in [2.24, 2.45) is 0 Å². The first-order chi connectivity index (χ1) is 13.3. The number of amides is 2. The molecule has 0 saturated carbocycles. The number of hydrogen-bond acceptors (Lipinski definition) is 9. The predicted octanol–water partition coefficient (Wildman–Crippen LogP) is 1.08. The number of benzene rings is 1. The molecule has 0 unspecified atom stereocenters. The van der Waals surface area contributed by atoms with Crippen LogP contribution in [0.1, 0.15) is 11.9 Å². The molecule has 2 aromatic rings. The number of carbonyl (C=O) groups excluding carboxylic acids is 2. The smallest absolute Gasteiger partial charge is 0.241 e. The van der Waals surface area contributed by atoms with Crippen molar-refractivity contribution < 1.29 is 27.5 Å². The fourth-order valence-corrected chi connectivity index (χ4v) is 3.86. The summed E-state index contributed by atoms with van der Waals surface area (Å²) in [7, 11) is -2.47. The number of sulfone groups is 1. The van der Waals surface area contributed by atoms with E-state index in [1.807, 2.05) is 6.92 Å². The van der Waals surface area contributed by atoms with E-state index in [1.165, 1.54) is 7.11 Å². The highest BCUT2D eigenvalue weighted by Gasteiger charge is 2.22. The number of nitrogens with one attached hydrogen (secondary N) is 2. The number of carbonyl (C=O) groups is 2. The monoisotopic (exact) mass is 428 g/mol. The van der Waals surface area contributed by atoms with Gasteiger partial charge in [0.25, 0.3) is 0 Å². The quantitative estimate of drug-likeness (QED) is 0.573. The average molecular weight is 428 g/mol. The zero-order chi connectivity index (χ0) is 20.6. The van der Waals surface area contributed by atoms with Gasteiger partial charge in [0.15, 0.2) is 9.84 Å². The summed E-state index contributed by atoms with van der Waals surface area (Å²) in [4.78, 5) is 23.9. The molecule has 0 bridgehead atoms. The molecule has 1 aromatic carbocycles. The van der Waals surface area contributed by atoms with Gasteiger partial charge in [-0.2, -0.15) is 0 Å². The topological polar surface area (TPSA) is 137 Å².